The van der Waals surface area contributed by atoms with Gasteiger partial charge in [-0.1, -0.05) is 310 Å². The number of fused-ring (bicyclic) bond motifs is 4. The largest absolute Gasteiger partial charge is 1.00 e. The fourth-order valence-corrected chi connectivity index (χ4v) is 13.5. The molecule has 17 nitrogen and oxygen atoms in total. The number of esters is 3. The number of carbonyl (C=O) groups excluding carboxylic acids is 4. The summed E-state index contributed by atoms with van der Waals surface area (Å²) in [6.45, 7) is 25.8. The molecule has 4 aromatic carbocycles. The number of cyclic esters (lactones) is 3. The molecule has 6 aromatic rings. The van der Waals surface area contributed by atoms with Crippen molar-refractivity contribution in [1.82, 2.24) is 20.0 Å². The molecule has 0 amide bonds. The van der Waals surface area contributed by atoms with E-state index in [9.17, 15) is 28.8 Å². The van der Waals surface area contributed by atoms with Crippen LogP contribution in [-0.2, 0) is 38.4 Å². The number of unbranched alkanes of at least 4 members (excludes halogenated alkanes) is 1. The van der Waals surface area contributed by atoms with Gasteiger partial charge in [0, 0.05) is 35.3 Å². The number of H-pyrrole nitrogens is 1. The number of benzene rings is 4. The predicted octanol–water partition coefficient (Wildman–Crippen LogP) is 15.8. The van der Waals surface area contributed by atoms with Crippen LogP contribution in [0.1, 0.15) is 326 Å². The van der Waals surface area contributed by atoms with Gasteiger partial charge in [0.2, 0.25) is 0 Å². The number of hydrogen-bond donors (Lipinski definition) is 4. The van der Waals surface area contributed by atoms with Crippen LogP contribution in [0.4, 0.5) is 0 Å². The second kappa shape index (κ2) is 62.1. The van der Waals surface area contributed by atoms with E-state index in [1.54, 1.807) is 61.6 Å². The molecule has 0 atom stereocenters. The van der Waals surface area contributed by atoms with Crippen molar-refractivity contribution in [1.29, 1.82) is 11.1 Å². The number of nitrogens with zero attached hydrogens (tertiary/aromatic N) is 3. The summed E-state index contributed by atoms with van der Waals surface area (Å²) in [6, 6.07) is 29.8. The number of aryl methyl sites for hydroxylation is 2. The zero-order valence-electron chi connectivity index (χ0n) is 67.7. The molecule has 7 aliphatic rings. The van der Waals surface area contributed by atoms with E-state index in [0.717, 1.165) is 101 Å². The third-order valence-corrected chi connectivity index (χ3v) is 18.7. The van der Waals surface area contributed by atoms with Crippen molar-refractivity contribution in [2.75, 3.05) is 0 Å². The standard InChI is InChI=1S/C18H24N2O.C15H18N2O.C15H16O2.C12H22.C8H4O3.C4H10.C3H6O2.C2H4O2.4C2H6.H2N2.2Na.H/c1-2-17-15-10-6-7-11-16(15)18(21)20(19-17)13-12-14-8-4-3-5-9-14;18-15-13-9-5-4-8-12(13)14(16-17-15)10-11-6-2-1-3-7-11;16-15-13-9-5-4-8-12(13)14(17-15)10-11-6-2-1-3-7-11;1-3-7-11(8-4-1)12-9-5-2-6-10-12;9-7-5-3-1-2-4-6(5)8(10)11-7;1-3-4-2;1-2-3(4)5;1-2(3)4;5*1-2;;;/h6-7,10-11,14H,2-5,8-9,12-13H2,1H3;4-5,8-9,11H,1-3,6-7,10H2,(H,17,18);4-5,8-11H,1-3,6-7H2;11-12H,1-10H2;1-4H;3-4H2,1-2H3;2H2,1H3,(H,4,5);1H3,(H,3,4);4*1-2H3;1-2H;;;/q;;;;;;;;;;;;;2*+1;-1/p-1. The van der Waals surface area contributed by atoms with Gasteiger partial charge in [-0.05, 0) is 105 Å². The van der Waals surface area contributed by atoms with E-state index in [2.05, 4.69) is 46.9 Å². The average molecular weight is 1460 g/mol. The Hall–Kier alpha value is -5.95. The van der Waals surface area contributed by atoms with Gasteiger partial charge < -0.3 is 25.9 Å². The van der Waals surface area contributed by atoms with Crippen LogP contribution in [0.5, 0.6) is 0 Å². The molecule has 19 heteroatoms. The Kier molecular flexibility index (Phi) is 59.8. The number of carbonyl (C=O) groups is 5. The summed E-state index contributed by atoms with van der Waals surface area (Å²) in [5.41, 5.74) is 14.5. The number of ether oxygens (including phenoxy) is 2. The van der Waals surface area contributed by atoms with Crippen LogP contribution < -0.4 is 75.3 Å². The van der Waals surface area contributed by atoms with Gasteiger partial charge in [0.15, 0.2) is 0 Å². The first kappa shape index (κ1) is 100. The molecule has 0 bridgehead atoms. The molecule has 2 aliphatic heterocycles. The normalized spacial score (nSPS) is 16.0. The number of carboxylic acid groups (broad SMARTS) is 2. The number of allylic oxidation sites excluding steroid dienone is 1. The van der Waals surface area contributed by atoms with E-state index in [0.29, 0.717) is 22.6 Å². The Morgan fingerprint density at radius 2 is 0.865 bits per heavy atom. The number of aromatic amines is 1. The smallest absolute Gasteiger partial charge is 1.00 e. The number of aromatic nitrogens is 4. The minimum absolute atomic E-state index is 0. The first-order chi connectivity index (χ1) is 49.6. The number of aliphatic carboxylic acids is 2. The third kappa shape index (κ3) is 37.0. The fourth-order valence-electron chi connectivity index (χ4n) is 13.5. The number of carboxylic acids is 2. The number of rotatable bonds is 10. The molecule has 2 aromatic heterocycles. The Morgan fingerprint density at radius 3 is 1.28 bits per heavy atom. The van der Waals surface area contributed by atoms with Crippen molar-refractivity contribution in [3.05, 3.63) is 157 Å². The average Bonchev–Trinajstić information content (AvgIpc) is 1.59. The quantitative estimate of drug-likeness (QED) is 0.0430. The molecular formula is C85H130N6Na2O11. The van der Waals surface area contributed by atoms with Gasteiger partial charge in [0.25, 0.3) is 11.1 Å². The zero-order chi connectivity index (χ0) is 76.0. The first-order valence-corrected chi connectivity index (χ1v) is 39.1. The van der Waals surface area contributed by atoms with Gasteiger partial charge in [-0.25, -0.2) is 35.2 Å². The summed E-state index contributed by atoms with van der Waals surface area (Å²) in [4.78, 5) is 75.9. The molecule has 13 rings (SSSR count). The van der Waals surface area contributed by atoms with E-state index < -0.39 is 23.9 Å². The molecule has 5 fully saturated rings. The molecule has 0 spiro atoms. The van der Waals surface area contributed by atoms with E-state index in [1.807, 2.05) is 128 Å². The Bertz CT molecular complexity index is 3410. The van der Waals surface area contributed by atoms with E-state index in [1.165, 1.54) is 148 Å². The Morgan fingerprint density at radius 1 is 0.519 bits per heavy atom. The zero-order valence-corrected chi connectivity index (χ0v) is 70.7. The third-order valence-electron chi connectivity index (χ3n) is 18.7. The van der Waals surface area contributed by atoms with Crippen LogP contribution >= 0.6 is 0 Å². The Balaban J connectivity index is -0.00000116. The molecule has 0 radical (unpaired) electrons. The van der Waals surface area contributed by atoms with Crippen molar-refractivity contribution in [2.45, 2.75) is 296 Å². The van der Waals surface area contributed by atoms with Crippen molar-refractivity contribution in [3.63, 3.8) is 0 Å². The molecule has 104 heavy (non-hydrogen) atoms. The minimum atomic E-state index is -1.08. The van der Waals surface area contributed by atoms with Gasteiger partial charge >= 0.3 is 83.0 Å². The van der Waals surface area contributed by atoms with Crippen molar-refractivity contribution in [3.8, 4) is 0 Å². The topological polar surface area (TPSA) is 275 Å². The SMILES string of the molecule is C1CCC(C2CCCCC2)CC1.CC.CC.CC.CC.CC(=O)[O-].CCC(=O)O.CCCC.CCc1nn(CCC2CCCCC2)c(=O)c2ccccc12.N=N.O=C1OC(=CC2CCCCC2)c2ccccc21.O=C1OC(=O)c2ccccc21.O=c1[nH]nc(CC2CCCCC2)c2ccccc12.[H-].[Na+].[Na+]. The molecule has 568 valence electrons. The van der Waals surface area contributed by atoms with Gasteiger partial charge in [0.05, 0.1) is 38.9 Å². The maximum atomic E-state index is 12.6. The van der Waals surface area contributed by atoms with Gasteiger partial charge in [0.1, 0.15) is 5.76 Å². The van der Waals surface area contributed by atoms with Crippen LogP contribution in [0.25, 0.3) is 27.3 Å². The Labute approximate surface area is 669 Å². The van der Waals surface area contributed by atoms with Crippen LogP contribution in [0, 0.1) is 40.7 Å². The predicted molar refractivity (Wildman–Crippen MR) is 416 cm³/mol. The summed E-state index contributed by atoms with van der Waals surface area (Å²) in [6.07, 6.45) is 43.1. The second-order valence-electron chi connectivity index (χ2n) is 25.5. The van der Waals surface area contributed by atoms with Crippen molar-refractivity contribution in [2.24, 2.45) is 29.6 Å². The molecule has 4 heterocycles. The molecule has 5 aliphatic carbocycles. The van der Waals surface area contributed by atoms with Gasteiger partial charge in [-0.2, -0.15) is 10.2 Å². The maximum absolute atomic E-state index is 12.6. The first-order valence-electron chi connectivity index (χ1n) is 39.1. The van der Waals surface area contributed by atoms with Crippen LogP contribution in [0.15, 0.2) is 113 Å². The molecule has 5 saturated carbocycles. The van der Waals surface area contributed by atoms with Crippen LogP contribution in [-0.4, -0.2) is 54.9 Å². The van der Waals surface area contributed by atoms with E-state index in [-0.39, 0.29) is 84.0 Å². The number of hydrogen-bond acceptors (Lipinski definition) is 14. The van der Waals surface area contributed by atoms with Gasteiger partial charge in [-0.15, -0.1) is 0 Å². The summed E-state index contributed by atoms with van der Waals surface area (Å²) in [7, 11) is 0. The summed E-state index contributed by atoms with van der Waals surface area (Å²) in [5, 5.41) is 31.7. The molecule has 0 saturated heterocycles. The minimum Gasteiger partial charge on any atom is -1.00 e. The van der Waals surface area contributed by atoms with E-state index >= 15 is 0 Å². The van der Waals surface area contributed by atoms with Gasteiger partial charge in [-0.3, -0.25) is 14.4 Å². The van der Waals surface area contributed by atoms with Crippen LogP contribution in [0.2, 0.25) is 0 Å². The summed E-state index contributed by atoms with van der Waals surface area (Å²) >= 11 is 0. The summed E-state index contributed by atoms with van der Waals surface area (Å²) < 4.78 is 11.4. The second-order valence-corrected chi connectivity index (χ2v) is 25.5. The van der Waals surface area contributed by atoms with Crippen molar-refractivity contribution >= 4 is 57.2 Å². The monoisotopic (exact) mass is 1460 g/mol. The fraction of sp³-hybridized carbons (Fsp3) is 0.588. The maximum Gasteiger partial charge on any atom is 1.00 e. The van der Waals surface area contributed by atoms with E-state index in [4.69, 9.17) is 30.8 Å². The van der Waals surface area contributed by atoms with Crippen molar-refractivity contribution < 1.29 is 104 Å². The number of nitrogens with one attached hydrogen (secondary N) is 3. The van der Waals surface area contributed by atoms with Crippen LogP contribution in [0.3, 0.4) is 0 Å². The molecule has 4 N–H and O–H groups in total. The summed E-state index contributed by atoms with van der Waals surface area (Å²) in [5.74, 6) is 2.02. The molecular weight excluding hydrogens is 1330 g/mol. The molecule has 0 unspecified atom stereocenters.